The smallest absolute Gasteiger partial charge is 0.138 e. The van der Waals surface area contributed by atoms with Crippen molar-refractivity contribution in [3.63, 3.8) is 0 Å². The summed E-state index contributed by atoms with van der Waals surface area (Å²) >= 11 is 0. The van der Waals surface area contributed by atoms with Gasteiger partial charge in [-0.2, -0.15) is 0 Å². The van der Waals surface area contributed by atoms with Gasteiger partial charge in [0.1, 0.15) is 5.58 Å². The van der Waals surface area contributed by atoms with E-state index in [1.54, 1.807) is 6.26 Å². The molecule has 2 heteroatoms. The molecule has 2 nitrogen and oxygen atoms in total. The molecule has 1 aromatic carbocycles. The standard InChI is InChI=1S/C9H9NO.C2H6/c1-6-2-3-8(10)7-4-5-11-9(6)7;1-2/h2-5H,10H2,1H3;1-2H3. The molecule has 1 heterocycles. The molecule has 2 rings (SSSR count). The number of hydrogen-bond donors (Lipinski definition) is 1. The first kappa shape index (κ1) is 9.65. The van der Waals surface area contributed by atoms with Crippen LogP contribution in [0.1, 0.15) is 19.4 Å². The van der Waals surface area contributed by atoms with Gasteiger partial charge in [0.05, 0.1) is 6.26 Å². The summed E-state index contributed by atoms with van der Waals surface area (Å²) in [5, 5.41) is 1.00. The number of furan rings is 1. The van der Waals surface area contributed by atoms with E-state index in [0.717, 1.165) is 22.2 Å². The molecule has 0 unspecified atom stereocenters. The van der Waals surface area contributed by atoms with Gasteiger partial charge in [0.15, 0.2) is 0 Å². The molecule has 2 aromatic rings. The van der Waals surface area contributed by atoms with E-state index >= 15 is 0 Å². The summed E-state index contributed by atoms with van der Waals surface area (Å²) in [7, 11) is 0. The van der Waals surface area contributed by atoms with E-state index in [1.165, 1.54) is 0 Å². The van der Waals surface area contributed by atoms with Crippen LogP contribution >= 0.6 is 0 Å². The van der Waals surface area contributed by atoms with Crippen LogP contribution in [-0.2, 0) is 0 Å². The number of anilines is 1. The van der Waals surface area contributed by atoms with Gasteiger partial charge in [0.25, 0.3) is 0 Å². The number of hydrogen-bond acceptors (Lipinski definition) is 2. The van der Waals surface area contributed by atoms with E-state index in [1.807, 2.05) is 39.0 Å². The van der Waals surface area contributed by atoms with E-state index in [9.17, 15) is 0 Å². The molecule has 0 amide bonds. The van der Waals surface area contributed by atoms with Crippen LogP contribution in [-0.4, -0.2) is 0 Å². The molecular weight excluding hydrogens is 162 g/mol. The fraction of sp³-hybridized carbons (Fsp3) is 0.273. The Morgan fingerprint density at radius 3 is 2.46 bits per heavy atom. The van der Waals surface area contributed by atoms with Crippen molar-refractivity contribution in [3.05, 3.63) is 30.0 Å². The predicted octanol–water partition coefficient (Wildman–Crippen LogP) is 3.35. The summed E-state index contributed by atoms with van der Waals surface area (Å²) in [6.07, 6.45) is 1.66. The van der Waals surface area contributed by atoms with Crippen LogP contribution in [0.25, 0.3) is 11.0 Å². The lowest BCUT2D eigenvalue weighted by molar-refractivity contribution is 0.613. The predicted molar refractivity (Wildman–Crippen MR) is 56.7 cm³/mol. The second kappa shape index (κ2) is 3.99. The Balaban J connectivity index is 0.000000396. The first-order chi connectivity index (χ1) is 6.29. The summed E-state index contributed by atoms with van der Waals surface area (Å²) in [6, 6.07) is 5.74. The second-order valence-electron chi connectivity index (χ2n) is 2.64. The van der Waals surface area contributed by atoms with Gasteiger partial charge in [-0.05, 0) is 24.6 Å². The molecule has 0 fully saturated rings. The average Bonchev–Trinajstić information content (AvgIpc) is 2.64. The number of benzene rings is 1. The number of nitrogen functional groups attached to an aromatic ring is 1. The van der Waals surface area contributed by atoms with Gasteiger partial charge in [-0.25, -0.2) is 0 Å². The maximum Gasteiger partial charge on any atom is 0.138 e. The number of fused-ring (bicyclic) bond motifs is 1. The number of rotatable bonds is 0. The van der Waals surface area contributed by atoms with Crippen LogP contribution < -0.4 is 5.73 Å². The number of nitrogens with two attached hydrogens (primary N) is 1. The van der Waals surface area contributed by atoms with Crippen molar-refractivity contribution < 1.29 is 4.42 Å². The lowest BCUT2D eigenvalue weighted by Crippen LogP contribution is -1.85. The van der Waals surface area contributed by atoms with Crippen LogP contribution in [0.4, 0.5) is 5.69 Å². The highest BCUT2D eigenvalue weighted by Gasteiger charge is 2.02. The van der Waals surface area contributed by atoms with Crippen molar-refractivity contribution in [2.24, 2.45) is 0 Å². The minimum Gasteiger partial charge on any atom is -0.464 e. The van der Waals surface area contributed by atoms with E-state index in [-0.39, 0.29) is 0 Å². The Labute approximate surface area is 78.3 Å². The highest BCUT2D eigenvalue weighted by atomic mass is 16.3. The largest absolute Gasteiger partial charge is 0.464 e. The van der Waals surface area contributed by atoms with Gasteiger partial charge in [0, 0.05) is 11.1 Å². The fourth-order valence-electron chi connectivity index (χ4n) is 1.22. The third-order valence-corrected chi connectivity index (χ3v) is 1.85. The van der Waals surface area contributed by atoms with E-state index in [2.05, 4.69) is 0 Å². The summed E-state index contributed by atoms with van der Waals surface area (Å²) in [6.45, 7) is 6.01. The van der Waals surface area contributed by atoms with Crippen LogP contribution in [0.5, 0.6) is 0 Å². The minimum atomic E-state index is 0.777. The van der Waals surface area contributed by atoms with Gasteiger partial charge in [0.2, 0.25) is 0 Å². The Bertz CT molecular complexity index is 354. The maximum atomic E-state index is 5.71. The zero-order chi connectivity index (χ0) is 9.84. The Kier molecular flexibility index (Phi) is 2.96. The molecule has 0 spiro atoms. The Hall–Kier alpha value is -1.44. The van der Waals surface area contributed by atoms with Crippen LogP contribution in [0.2, 0.25) is 0 Å². The molecule has 0 aliphatic heterocycles. The van der Waals surface area contributed by atoms with Gasteiger partial charge in [-0.15, -0.1) is 0 Å². The van der Waals surface area contributed by atoms with Gasteiger partial charge in [-0.1, -0.05) is 19.9 Å². The van der Waals surface area contributed by atoms with Crippen molar-refractivity contribution in [2.45, 2.75) is 20.8 Å². The monoisotopic (exact) mass is 177 g/mol. The van der Waals surface area contributed by atoms with Crippen LogP contribution in [0.3, 0.4) is 0 Å². The molecule has 1 aromatic heterocycles. The molecule has 13 heavy (non-hydrogen) atoms. The van der Waals surface area contributed by atoms with E-state index in [4.69, 9.17) is 10.2 Å². The molecule has 0 aliphatic carbocycles. The van der Waals surface area contributed by atoms with Gasteiger partial charge >= 0.3 is 0 Å². The molecular formula is C11H15NO. The van der Waals surface area contributed by atoms with Crippen molar-refractivity contribution in [3.8, 4) is 0 Å². The van der Waals surface area contributed by atoms with E-state index < -0.39 is 0 Å². The molecule has 0 aliphatic rings. The molecule has 0 atom stereocenters. The molecule has 0 bridgehead atoms. The third-order valence-electron chi connectivity index (χ3n) is 1.85. The van der Waals surface area contributed by atoms with Crippen molar-refractivity contribution >= 4 is 16.7 Å². The molecule has 0 saturated heterocycles. The molecule has 70 valence electrons. The average molecular weight is 177 g/mol. The third kappa shape index (κ3) is 1.66. The lowest BCUT2D eigenvalue weighted by atomic mass is 10.1. The zero-order valence-corrected chi connectivity index (χ0v) is 8.29. The lowest BCUT2D eigenvalue weighted by Gasteiger charge is -1.96. The molecule has 0 radical (unpaired) electrons. The highest BCUT2D eigenvalue weighted by molar-refractivity contribution is 5.91. The summed E-state index contributed by atoms with van der Waals surface area (Å²) in [5.41, 5.74) is 8.50. The van der Waals surface area contributed by atoms with Crippen molar-refractivity contribution in [1.82, 2.24) is 0 Å². The van der Waals surface area contributed by atoms with Crippen LogP contribution in [0.15, 0.2) is 28.9 Å². The van der Waals surface area contributed by atoms with E-state index in [0.29, 0.717) is 0 Å². The summed E-state index contributed by atoms with van der Waals surface area (Å²) in [4.78, 5) is 0. The first-order valence-corrected chi connectivity index (χ1v) is 4.51. The van der Waals surface area contributed by atoms with Crippen molar-refractivity contribution in [2.75, 3.05) is 5.73 Å². The first-order valence-electron chi connectivity index (χ1n) is 4.51. The van der Waals surface area contributed by atoms with Crippen LogP contribution in [0, 0.1) is 6.92 Å². The Morgan fingerprint density at radius 1 is 1.15 bits per heavy atom. The van der Waals surface area contributed by atoms with Gasteiger partial charge < -0.3 is 10.2 Å². The maximum absolute atomic E-state index is 5.71. The fourth-order valence-corrected chi connectivity index (χ4v) is 1.22. The summed E-state index contributed by atoms with van der Waals surface area (Å²) < 4.78 is 5.25. The topological polar surface area (TPSA) is 39.2 Å². The highest BCUT2D eigenvalue weighted by Crippen LogP contribution is 2.24. The number of aryl methyl sites for hydroxylation is 1. The molecule has 2 N–H and O–H groups in total. The quantitative estimate of drug-likeness (QED) is 0.627. The molecule has 0 saturated carbocycles. The van der Waals surface area contributed by atoms with Gasteiger partial charge in [-0.3, -0.25) is 0 Å². The Morgan fingerprint density at radius 2 is 1.85 bits per heavy atom. The summed E-state index contributed by atoms with van der Waals surface area (Å²) in [5.74, 6) is 0. The zero-order valence-electron chi connectivity index (χ0n) is 8.29. The van der Waals surface area contributed by atoms with Crippen molar-refractivity contribution in [1.29, 1.82) is 0 Å². The second-order valence-corrected chi connectivity index (χ2v) is 2.64. The minimum absolute atomic E-state index is 0.777. The normalized spacial score (nSPS) is 9.46. The SMILES string of the molecule is CC.Cc1ccc(N)c2ccoc12.